The van der Waals surface area contributed by atoms with Crippen LogP contribution in [0.3, 0.4) is 0 Å². The van der Waals surface area contributed by atoms with Gasteiger partial charge >= 0.3 is 5.97 Å². The second kappa shape index (κ2) is 8.12. The summed E-state index contributed by atoms with van der Waals surface area (Å²) in [6.45, 7) is 0. The van der Waals surface area contributed by atoms with Crippen molar-refractivity contribution in [2.75, 3.05) is 5.32 Å². The molecule has 9 heteroatoms. The second-order valence-corrected chi connectivity index (χ2v) is 5.98. The van der Waals surface area contributed by atoms with Crippen molar-refractivity contribution in [3.05, 3.63) is 87.2 Å². The van der Waals surface area contributed by atoms with Gasteiger partial charge in [0.25, 0.3) is 11.6 Å². The van der Waals surface area contributed by atoms with E-state index in [1.807, 2.05) is 30.3 Å². The quantitative estimate of drug-likeness (QED) is 0.425. The lowest BCUT2D eigenvalue weighted by molar-refractivity contribution is -0.384. The molecule has 0 aliphatic carbocycles. The fourth-order valence-corrected chi connectivity index (χ4v) is 2.71. The van der Waals surface area contributed by atoms with E-state index >= 15 is 0 Å². The van der Waals surface area contributed by atoms with E-state index in [0.717, 1.165) is 11.6 Å². The van der Waals surface area contributed by atoms with Crippen molar-refractivity contribution in [1.29, 1.82) is 0 Å². The van der Waals surface area contributed by atoms with Crippen LogP contribution in [-0.4, -0.2) is 32.1 Å². The second-order valence-electron chi connectivity index (χ2n) is 5.98. The van der Waals surface area contributed by atoms with Gasteiger partial charge in [0.05, 0.1) is 16.3 Å². The van der Waals surface area contributed by atoms with Crippen LogP contribution in [-0.2, 0) is 12.8 Å². The Balaban J connectivity index is 1.84. The molecule has 0 unspecified atom stereocenters. The summed E-state index contributed by atoms with van der Waals surface area (Å²) >= 11 is 0. The molecule has 1 amide bonds. The highest BCUT2D eigenvalue weighted by atomic mass is 16.6. The highest BCUT2D eigenvalue weighted by Gasteiger charge is 2.22. The first-order chi connectivity index (χ1) is 13.5. The predicted octanol–water partition coefficient (Wildman–Crippen LogP) is 3.05. The number of non-ortho nitro benzene ring substituents is 1. The number of nitro groups is 1. The fourth-order valence-electron chi connectivity index (χ4n) is 2.71. The van der Waals surface area contributed by atoms with Crippen molar-refractivity contribution in [2.45, 2.75) is 12.8 Å². The van der Waals surface area contributed by atoms with Gasteiger partial charge < -0.3 is 10.4 Å². The zero-order valence-corrected chi connectivity index (χ0v) is 14.6. The highest BCUT2D eigenvalue weighted by Crippen LogP contribution is 2.22. The average molecular weight is 380 g/mol. The lowest BCUT2D eigenvalue weighted by atomic mass is 10.1. The van der Waals surface area contributed by atoms with Gasteiger partial charge in [-0.25, -0.2) is 4.79 Å². The molecular weight excluding hydrogens is 364 g/mol. The van der Waals surface area contributed by atoms with Crippen LogP contribution in [0.2, 0.25) is 0 Å². The number of carbonyl (C=O) groups is 2. The standard InChI is InChI=1S/C19H16N4O5/c24-18(13-7-4-8-14(11-13)23(27)28)20-16-15(21-22-17(16)19(25)26)10-9-12-5-2-1-3-6-12/h1-8,11H,9-10H2,(H,20,24)(H,21,22)(H,25,26). The SMILES string of the molecule is O=C(Nc1c(C(=O)O)n[nH]c1CCc1ccccc1)c1cccc([N+](=O)[O-])c1. The van der Waals surface area contributed by atoms with Crippen molar-refractivity contribution >= 4 is 23.3 Å². The number of anilines is 1. The molecule has 3 rings (SSSR count). The molecule has 1 aromatic heterocycles. The van der Waals surface area contributed by atoms with E-state index in [1.165, 1.54) is 18.2 Å². The zero-order valence-electron chi connectivity index (χ0n) is 14.6. The number of aromatic amines is 1. The Hall–Kier alpha value is -4.01. The number of amides is 1. The molecule has 0 atom stereocenters. The molecule has 0 saturated carbocycles. The maximum Gasteiger partial charge on any atom is 0.358 e. The van der Waals surface area contributed by atoms with Gasteiger partial charge in [-0.05, 0) is 24.5 Å². The van der Waals surface area contributed by atoms with Crippen molar-refractivity contribution in [1.82, 2.24) is 10.2 Å². The smallest absolute Gasteiger partial charge is 0.358 e. The Kier molecular flexibility index (Phi) is 5.45. The van der Waals surface area contributed by atoms with E-state index in [2.05, 4.69) is 15.5 Å². The molecule has 2 aromatic carbocycles. The normalized spacial score (nSPS) is 10.4. The molecule has 142 valence electrons. The third-order valence-electron chi connectivity index (χ3n) is 4.11. The number of carboxylic acid groups (broad SMARTS) is 1. The van der Waals surface area contributed by atoms with Gasteiger partial charge in [0.1, 0.15) is 0 Å². The van der Waals surface area contributed by atoms with Crippen LogP contribution >= 0.6 is 0 Å². The molecule has 0 spiro atoms. The Morgan fingerprint density at radius 3 is 2.54 bits per heavy atom. The van der Waals surface area contributed by atoms with Crippen LogP contribution in [0.15, 0.2) is 54.6 Å². The van der Waals surface area contributed by atoms with Gasteiger partial charge in [-0.2, -0.15) is 5.10 Å². The van der Waals surface area contributed by atoms with Gasteiger partial charge in [-0.15, -0.1) is 0 Å². The van der Waals surface area contributed by atoms with Crippen LogP contribution in [0.5, 0.6) is 0 Å². The number of aromatic nitrogens is 2. The maximum atomic E-state index is 12.5. The molecule has 0 aliphatic rings. The van der Waals surface area contributed by atoms with E-state index in [1.54, 1.807) is 0 Å². The van der Waals surface area contributed by atoms with E-state index in [0.29, 0.717) is 18.5 Å². The number of nitro benzene ring substituents is 1. The van der Waals surface area contributed by atoms with E-state index in [-0.39, 0.29) is 22.6 Å². The van der Waals surface area contributed by atoms with Crippen LogP contribution in [0, 0.1) is 10.1 Å². The molecule has 3 aromatic rings. The average Bonchev–Trinajstić information content (AvgIpc) is 3.10. The number of aromatic carboxylic acids is 1. The number of rotatable bonds is 7. The summed E-state index contributed by atoms with van der Waals surface area (Å²) in [5.74, 6) is -1.95. The molecular formula is C19H16N4O5. The van der Waals surface area contributed by atoms with Gasteiger partial charge in [0, 0.05) is 17.7 Å². The monoisotopic (exact) mass is 380 g/mol. The Bertz CT molecular complexity index is 1030. The molecule has 0 aliphatic heterocycles. The molecule has 1 heterocycles. The number of benzene rings is 2. The van der Waals surface area contributed by atoms with E-state index < -0.39 is 16.8 Å². The van der Waals surface area contributed by atoms with E-state index in [4.69, 9.17) is 0 Å². The third-order valence-corrected chi connectivity index (χ3v) is 4.11. The summed E-state index contributed by atoms with van der Waals surface area (Å²) in [5.41, 5.74) is 1.05. The largest absolute Gasteiger partial charge is 0.476 e. The van der Waals surface area contributed by atoms with Crippen molar-refractivity contribution in [3.8, 4) is 0 Å². The number of hydrogen-bond acceptors (Lipinski definition) is 5. The van der Waals surface area contributed by atoms with Crippen molar-refractivity contribution in [2.24, 2.45) is 0 Å². The molecule has 0 bridgehead atoms. The summed E-state index contributed by atoms with van der Waals surface area (Å²) < 4.78 is 0. The van der Waals surface area contributed by atoms with Crippen molar-refractivity contribution < 1.29 is 19.6 Å². The third kappa shape index (κ3) is 4.21. The first-order valence-electron chi connectivity index (χ1n) is 8.36. The molecule has 0 fully saturated rings. The first-order valence-corrected chi connectivity index (χ1v) is 8.36. The summed E-state index contributed by atoms with van der Waals surface area (Å²) in [6.07, 6.45) is 1.04. The van der Waals surface area contributed by atoms with Gasteiger partial charge in [-0.1, -0.05) is 36.4 Å². The summed E-state index contributed by atoms with van der Waals surface area (Å²) in [6, 6.07) is 14.8. The molecule has 9 nitrogen and oxygen atoms in total. The lowest BCUT2D eigenvalue weighted by Gasteiger charge is -2.08. The van der Waals surface area contributed by atoms with Crippen molar-refractivity contribution in [3.63, 3.8) is 0 Å². The first kappa shape index (κ1) is 18.8. The topological polar surface area (TPSA) is 138 Å². The number of hydrogen-bond donors (Lipinski definition) is 3. The number of nitrogens with zero attached hydrogens (tertiary/aromatic N) is 2. The van der Waals surface area contributed by atoms with E-state index in [9.17, 15) is 24.8 Å². The van der Waals surface area contributed by atoms with Crippen LogP contribution in [0.4, 0.5) is 11.4 Å². The number of nitrogens with one attached hydrogen (secondary N) is 2. The predicted molar refractivity (Wildman–Crippen MR) is 100 cm³/mol. The Morgan fingerprint density at radius 1 is 1.11 bits per heavy atom. The summed E-state index contributed by atoms with van der Waals surface area (Å²) in [4.78, 5) is 34.3. The van der Waals surface area contributed by atoms with Crippen LogP contribution in [0.1, 0.15) is 32.1 Å². The van der Waals surface area contributed by atoms with Crippen LogP contribution < -0.4 is 5.32 Å². The maximum absolute atomic E-state index is 12.5. The van der Waals surface area contributed by atoms with Gasteiger partial charge in [0.2, 0.25) is 0 Å². The Morgan fingerprint density at radius 2 is 1.86 bits per heavy atom. The fraction of sp³-hybridized carbons (Fsp3) is 0.105. The van der Waals surface area contributed by atoms with Gasteiger partial charge in [0.15, 0.2) is 5.69 Å². The highest BCUT2D eigenvalue weighted by molar-refractivity contribution is 6.07. The number of aryl methyl sites for hydroxylation is 2. The summed E-state index contributed by atoms with van der Waals surface area (Å²) in [7, 11) is 0. The Labute approximate surface area is 159 Å². The van der Waals surface area contributed by atoms with Gasteiger partial charge in [-0.3, -0.25) is 20.0 Å². The minimum atomic E-state index is -1.29. The number of H-pyrrole nitrogens is 1. The molecule has 0 radical (unpaired) electrons. The number of carboxylic acids is 1. The number of carbonyl (C=O) groups excluding carboxylic acids is 1. The molecule has 3 N–H and O–H groups in total. The minimum Gasteiger partial charge on any atom is -0.476 e. The molecule has 28 heavy (non-hydrogen) atoms. The zero-order chi connectivity index (χ0) is 20.1. The summed E-state index contributed by atoms with van der Waals surface area (Å²) in [5, 5.41) is 29.2. The molecule has 0 saturated heterocycles. The minimum absolute atomic E-state index is 0.0424. The lowest BCUT2D eigenvalue weighted by Crippen LogP contribution is -2.15. The van der Waals surface area contributed by atoms with Crippen LogP contribution in [0.25, 0.3) is 0 Å².